The molecule has 3 fully saturated rings. The smallest absolute Gasteiger partial charge is 0.407 e. The first-order chi connectivity index (χ1) is 50.6. The molecule has 4 aliphatic carbocycles. The summed E-state index contributed by atoms with van der Waals surface area (Å²) < 4.78 is 6.01. The minimum atomic E-state index is -1.80. The van der Waals surface area contributed by atoms with Crippen molar-refractivity contribution in [1.82, 2.24) is 47.9 Å². The summed E-state index contributed by atoms with van der Waals surface area (Å²) in [5.74, 6) is -6.31. The lowest BCUT2D eigenvalue weighted by Crippen LogP contribution is -2.63. The third-order valence-electron chi connectivity index (χ3n) is 23.2. The van der Waals surface area contributed by atoms with Gasteiger partial charge in [0.25, 0.3) is 0 Å². The highest BCUT2D eigenvalue weighted by molar-refractivity contribution is 8.76. The van der Waals surface area contributed by atoms with Gasteiger partial charge in [-0.15, -0.1) is 0 Å². The van der Waals surface area contributed by atoms with Gasteiger partial charge in [-0.25, -0.2) is 9.59 Å². The van der Waals surface area contributed by atoms with Crippen LogP contribution in [-0.4, -0.2) is 184 Å². The molecule has 0 bridgehead atoms. The Morgan fingerprint density at radius 1 is 0.607 bits per heavy atom. The molecular formula is C78H129N11O16S2. The molecule has 17 N–H and O–H groups in total. The van der Waals surface area contributed by atoms with Crippen LogP contribution in [0, 0.1) is 64.1 Å². The Labute approximate surface area is 641 Å². The predicted molar refractivity (Wildman–Crippen MR) is 414 cm³/mol. The van der Waals surface area contributed by atoms with Crippen LogP contribution in [0.1, 0.15) is 211 Å². The van der Waals surface area contributed by atoms with Crippen LogP contribution in [-0.2, 0) is 59.1 Å². The molecule has 0 aliphatic heterocycles. The lowest BCUT2D eigenvalue weighted by atomic mass is 9.47. The molecule has 1 aromatic rings. The molecule has 1 aromatic carbocycles. The molecule has 20 atom stereocenters. The number of allylic oxidation sites excluding steroid dienone is 1. The first-order valence-corrected chi connectivity index (χ1v) is 41.7. The van der Waals surface area contributed by atoms with Crippen molar-refractivity contribution in [2.75, 3.05) is 31.2 Å². The Kier molecular flexibility index (Phi) is 37.8. The van der Waals surface area contributed by atoms with Crippen LogP contribution in [0.25, 0.3) is 0 Å². The maximum absolute atomic E-state index is 14.5. The number of carboxylic acids is 2. The first-order valence-electron chi connectivity index (χ1n) is 39.2. The number of hydrogen-bond acceptors (Lipinski definition) is 18. The Balaban J connectivity index is 1.14. The minimum Gasteiger partial charge on any atom is -0.481 e. The third-order valence-corrected chi connectivity index (χ3v) is 25.7. The Morgan fingerprint density at radius 3 is 1.76 bits per heavy atom. The molecule has 5 rings (SSSR count). The van der Waals surface area contributed by atoms with Crippen LogP contribution >= 0.6 is 21.6 Å². The van der Waals surface area contributed by atoms with Crippen molar-refractivity contribution in [3.63, 3.8) is 0 Å². The highest BCUT2D eigenvalue weighted by Crippen LogP contribution is 2.67. The van der Waals surface area contributed by atoms with Crippen LogP contribution in [0.5, 0.6) is 0 Å². The van der Waals surface area contributed by atoms with Gasteiger partial charge in [-0.1, -0.05) is 172 Å². The molecular weight excluding hydrogens is 1410 g/mol. The van der Waals surface area contributed by atoms with Crippen LogP contribution in [0.4, 0.5) is 4.79 Å². The number of nitrogens with one attached hydrogen (secondary N) is 9. The molecule has 9 amide bonds. The van der Waals surface area contributed by atoms with Crippen molar-refractivity contribution in [2.24, 2.45) is 75.6 Å². The number of unbranched alkanes of at least 4 members (excludes halogenated alkanes) is 1. The van der Waals surface area contributed by atoms with E-state index >= 15 is 0 Å². The number of benzene rings is 1. The van der Waals surface area contributed by atoms with E-state index < -0.39 is 157 Å². The summed E-state index contributed by atoms with van der Waals surface area (Å²) in [6.07, 6.45) is 13.3. The SMILES string of the molecule is CC[C@H](C)[C@H](NC(=O)[C@H](CO)NC(=O)[C@@H](N)CSSCCNC(=O)O[C@H]1CC[C@@]2(C)C(=CC[C@H]3[C@@H]4CC[C@H]([C@H](C)CCCC(C)C)[C@@]4(C)CC[C@@H]32)C1)C(=O)N[C@H](C(=O)N[C@H](C(=O)N[C@@H](Cc1ccccc1)C(=O)N[C@@H](CCC(=O)O)C(=O)N[C@@H](CCCCN)C(=O)N[C@@H](CC(C)C)C(=O)O)[C@@H](C)O)[C@@H](C)CC. The van der Waals surface area contributed by atoms with Gasteiger partial charge in [-0.3, -0.25) is 43.2 Å². The fourth-order valence-corrected chi connectivity index (χ4v) is 18.6. The molecule has 0 spiro atoms. The van der Waals surface area contributed by atoms with Crippen molar-refractivity contribution < 1.29 is 77.9 Å². The molecule has 0 radical (unpaired) electrons. The van der Waals surface area contributed by atoms with E-state index in [1.54, 1.807) is 71.9 Å². The summed E-state index contributed by atoms with van der Waals surface area (Å²) in [5, 5.41) is 64.3. The molecule has 0 unspecified atom stereocenters. The van der Waals surface area contributed by atoms with E-state index in [1.807, 2.05) is 0 Å². The number of ether oxygens (including phenoxy) is 1. The Bertz CT molecular complexity index is 3130. The van der Waals surface area contributed by atoms with Gasteiger partial charge in [0.05, 0.1) is 18.8 Å². The molecule has 0 saturated heterocycles. The average Bonchev–Trinajstić information content (AvgIpc) is 1.67. The molecule has 3 saturated carbocycles. The van der Waals surface area contributed by atoms with Crippen molar-refractivity contribution >= 4 is 86.9 Å². The lowest BCUT2D eigenvalue weighted by Gasteiger charge is -2.58. The van der Waals surface area contributed by atoms with E-state index in [-0.39, 0.29) is 49.0 Å². The van der Waals surface area contributed by atoms with E-state index in [2.05, 4.69) is 88.5 Å². The summed E-state index contributed by atoms with van der Waals surface area (Å²) in [5.41, 5.74) is 14.5. The van der Waals surface area contributed by atoms with Crippen molar-refractivity contribution in [3.8, 4) is 0 Å². The fourth-order valence-electron chi connectivity index (χ4n) is 16.5. The average molecular weight is 1540 g/mol. The number of carbonyl (C=O) groups is 11. The van der Waals surface area contributed by atoms with E-state index in [0.717, 1.165) is 49.4 Å². The minimum absolute atomic E-state index is 0.00285. The fraction of sp³-hybridized carbons (Fsp3) is 0.756. The maximum Gasteiger partial charge on any atom is 0.407 e. The quantitative estimate of drug-likeness (QED) is 0.0187. The monoisotopic (exact) mass is 1540 g/mol. The molecule has 27 nitrogen and oxygen atoms in total. The number of aliphatic carboxylic acids is 2. The number of fused-ring (bicyclic) bond motifs is 5. The van der Waals surface area contributed by atoms with Gasteiger partial charge in [0, 0.05) is 37.3 Å². The first kappa shape index (κ1) is 91.1. The van der Waals surface area contributed by atoms with Gasteiger partial charge in [-0.05, 0) is 160 Å². The molecule has 0 aromatic heterocycles. The van der Waals surface area contributed by atoms with Gasteiger partial charge < -0.3 is 84.5 Å². The molecule has 29 heteroatoms. The van der Waals surface area contributed by atoms with Gasteiger partial charge in [0.1, 0.15) is 54.4 Å². The van der Waals surface area contributed by atoms with E-state index in [0.29, 0.717) is 60.8 Å². The van der Waals surface area contributed by atoms with Crippen LogP contribution < -0.4 is 59.3 Å². The highest BCUT2D eigenvalue weighted by atomic mass is 33.1. The summed E-state index contributed by atoms with van der Waals surface area (Å²) in [6.45, 7) is 23.5. The number of carboxylic acid groups (broad SMARTS) is 2. The van der Waals surface area contributed by atoms with E-state index in [4.69, 9.17) is 16.2 Å². The third kappa shape index (κ3) is 27.2. The topological polar surface area (TPSA) is 438 Å². The summed E-state index contributed by atoms with van der Waals surface area (Å²) in [4.78, 5) is 150. The maximum atomic E-state index is 14.5. The molecule has 4 aliphatic rings. The number of carbonyl (C=O) groups excluding carboxylic acids is 9. The number of alkyl carbamates (subject to hydrolysis) is 1. The Hall–Kier alpha value is -6.53. The van der Waals surface area contributed by atoms with Gasteiger partial charge in [0.2, 0.25) is 47.3 Å². The van der Waals surface area contributed by atoms with E-state index in [9.17, 15) is 73.2 Å². The second-order valence-corrected chi connectivity index (χ2v) is 34.7. The highest BCUT2D eigenvalue weighted by Gasteiger charge is 2.59. The van der Waals surface area contributed by atoms with E-state index in [1.165, 1.54) is 79.0 Å². The van der Waals surface area contributed by atoms with Crippen LogP contribution in [0.3, 0.4) is 0 Å². The number of hydrogen-bond donors (Lipinski definition) is 15. The Morgan fingerprint density at radius 2 is 1.18 bits per heavy atom. The number of nitrogens with two attached hydrogens (primary N) is 2. The number of aliphatic hydroxyl groups excluding tert-OH is 2. The summed E-state index contributed by atoms with van der Waals surface area (Å²) in [7, 11) is 2.67. The zero-order chi connectivity index (χ0) is 79.5. The van der Waals surface area contributed by atoms with Gasteiger partial charge >= 0.3 is 18.0 Å². The number of rotatable bonds is 46. The molecule has 604 valence electrons. The number of aliphatic hydroxyl groups is 2. The van der Waals surface area contributed by atoms with Crippen molar-refractivity contribution in [3.05, 3.63) is 47.5 Å². The number of amides is 9. The molecule has 107 heavy (non-hydrogen) atoms. The largest absolute Gasteiger partial charge is 0.481 e. The second-order valence-electron chi connectivity index (χ2n) is 32.0. The van der Waals surface area contributed by atoms with Crippen LogP contribution in [0.15, 0.2) is 42.0 Å². The zero-order valence-electron chi connectivity index (χ0n) is 65.3. The van der Waals surface area contributed by atoms with Gasteiger partial charge in [-0.2, -0.15) is 0 Å². The van der Waals surface area contributed by atoms with Crippen molar-refractivity contribution in [2.45, 2.75) is 278 Å². The summed E-state index contributed by atoms with van der Waals surface area (Å²) in [6, 6.07) is -4.75. The van der Waals surface area contributed by atoms with Gasteiger partial charge in [0.15, 0.2) is 0 Å². The van der Waals surface area contributed by atoms with Crippen molar-refractivity contribution in [1.29, 1.82) is 0 Å². The zero-order valence-corrected chi connectivity index (χ0v) is 67.0. The normalized spacial score (nSPS) is 23.9. The summed E-state index contributed by atoms with van der Waals surface area (Å²) >= 11 is 0. The lowest BCUT2D eigenvalue weighted by molar-refractivity contribution is -0.143. The molecule has 0 heterocycles. The second kappa shape index (κ2) is 44.3. The standard InChI is InChI=1S/C78H129N11O16S2/c1-13-46(7)64(87-71(98)62(42-90)86-67(94)57(80)43-107-106-38-37-81-76(104)105-52-32-34-77(11)51(41-52)26-27-53-55-29-28-54(48(9)22-20-21-44(3)4)78(55,12)35-33-56(53)77)72(99)88-65(47(8)14-2)73(100)89-66(49(10)91)74(101)84-60(40-50-23-16-15-17-24-50)70(97)83-59(30-31-63(92)93)69(96)82-58(25-18-19-36-79)68(95)85-61(75(102)103)39-45(5)6/h15-17,23-24,26,44-49,52-62,64-66,90-91H,13-14,18-22,25,27-43,79-80H2,1-12H3,(H,81,104)(H,82,96)(H,83,97)(H,84,101)(H,85,95)(H,86,94)(H,87,98)(H,88,99)(H,89,100)(H,92,93)(H,102,103)/t46-,47-,48+,49+,52-,53-,54+,55-,56-,57-,58-,59-,60-,61-,62-,64-,65-,66-,77-,78+/m0/s1. The predicted octanol–water partition coefficient (Wildman–Crippen LogP) is 6.54. The van der Waals surface area contributed by atoms with Crippen LogP contribution in [0.2, 0.25) is 0 Å².